The Morgan fingerprint density at radius 2 is 2.29 bits per heavy atom. The predicted molar refractivity (Wildman–Crippen MR) is 65.0 cm³/mol. The lowest BCUT2D eigenvalue weighted by atomic mass is 10.0. The van der Waals surface area contributed by atoms with Crippen LogP contribution in [0.3, 0.4) is 0 Å². The van der Waals surface area contributed by atoms with E-state index in [1.165, 1.54) is 13.2 Å². The Morgan fingerprint density at radius 1 is 1.47 bits per heavy atom. The van der Waals surface area contributed by atoms with Gasteiger partial charge in [-0.2, -0.15) is 0 Å². The molecule has 1 N–H and O–H groups in total. The summed E-state index contributed by atoms with van der Waals surface area (Å²) in [5, 5.41) is 3.33. The molecule has 0 bridgehead atoms. The van der Waals surface area contributed by atoms with E-state index < -0.39 is 0 Å². The molecule has 0 aliphatic carbocycles. The summed E-state index contributed by atoms with van der Waals surface area (Å²) >= 11 is 0. The van der Waals surface area contributed by atoms with Crippen LogP contribution in [0.2, 0.25) is 0 Å². The summed E-state index contributed by atoms with van der Waals surface area (Å²) in [5.41, 5.74) is 0.794. The van der Waals surface area contributed by atoms with Gasteiger partial charge in [0.2, 0.25) is 0 Å². The molecule has 2 rings (SSSR count). The van der Waals surface area contributed by atoms with Crippen LogP contribution in [0.15, 0.2) is 18.2 Å². The lowest BCUT2D eigenvalue weighted by molar-refractivity contribution is 0.0232. The molecule has 2 unspecified atom stereocenters. The second-order valence-electron chi connectivity index (χ2n) is 4.40. The van der Waals surface area contributed by atoms with Crippen LogP contribution >= 0.6 is 0 Å². The molecule has 1 fully saturated rings. The number of benzene rings is 1. The highest BCUT2D eigenvalue weighted by atomic mass is 19.1. The molecule has 1 aromatic rings. The van der Waals surface area contributed by atoms with Crippen molar-refractivity contribution in [2.75, 3.05) is 19.0 Å². The Hall–Kier alpha value is -1.29. The molecular weight excluding hydrogens is 221 g/mol. The molecule has 1 saturated heterocycles. The summed E-state index contributed by atoms with van der Waals surface area (Å²) in [7, 11) is 1.46. The van der Waals surface area contributed by atoms with E-state index in [-0.39, 0.29) is 17.7 Å². The lowest BCUT2D eigenvalue weighted by Crippen LogP contribution is -2.32. The van der Waals surface area contributed by atoms with Gasteiger partial charge in [0.25, 0.3) is 0 Å². The van der Waals surface area contributed by atoms with Crippen LogP contribution in [0.4, 0.5) is 10.1 Å². The molecule has 17 heavy (non-hydrogen) atoms. The highest BCUT2D eigenvalue weighted by molar-refractivity contribution is 5.48. The number of methoxy groups -OCH3 is 1. The first-order chi connectivity index (χ1) is 8.19. The van der Waals surface area contributed by atoms with E-state index in [2.05, 4.69) is 12.2 Å². The van der Waals surface area contributed by atoms with Crippen LogP contribution in [0.25, 0.3) is 0 Å². The molecule has 0 radical (unpaired) electrons. The number of halogens is 1. The Labute approximate surface area is 101 Å². The topological polar surface area (TPSA) is 30.5 Å². The zero-order valence-electron chi connectivity index (χ0n) is 10.2. The number of nitrogens with one attached hydrogen (secondary N) is 1. The summed E-state index contributed by atoms with van der Waals surface area (Å²) in [6.45, 7) is 2.82. The van der Waals surface area contributed by atoms with Crippen LogP contribution < -0.4 is 10.1 Å². The third-order valence-electron chi connectivity index (χ3n) is 3.01. The number of anilines is 1. The van der Waals surface area contributed by atoms with Gasteiger partial charge in [-0.3, -0.25) is 0 Å². The van der Waals surface area contributed by atoms with E-state index in [9.17, 15) is 4.39 Å². The average Bonchev–Trinajstić information content (AvgIpc) is 2.29. The first-order valence-corrected chi connectivity index (χ1v) is 5.90. The maximum Gasteiger partial charge on any atom is 0.167 e. The van der Waals surface area contributed by atoms with Crippen molar-refractivity contribution in [1.29, 1.82) is 0 Å². The van der Waals surface area contributed by atoms with Crippen molar-refractivity contribution in [1.82, 2.24) is 0 Å². The normalized spacial score (nSPS) is 24.4. The molecule has 1 aliphatic rings. The summed E-state index contributed by atoms with van der Waals surface area (Å²) in [4.78, 5) is 0. The van der Waals surface area contributed by atoms with Crippen molar-refractivity contribution >= 4 is 5.69 Å². The van der Waals surface area contributed by atoms with Crippen molar-refractivity contribution < 1.29 is 13.9 Å². The summed E-state index contributed by atoms with van der Waals surface area (Å²) in [6, 6.07) is 5.30. The minimum absolute atomic E-state index is 0.268. The van der Waals surface area contributed by atoms with Gasteiger partial charge in [-0.15, -0.1) is 0 Å². The van der Waals surface area contributed by atoms with Gasteiger partial charge in [0, 0.05) is 24.4 Å². The molecule has 0 aromatic heterocycles. The van der Waals surface area contributed by atoms with E-state index in [1.807, 2.05) is 6.07 Å². The standard InChI is InChI=1S/C13H18FNO2/c1-9-7-11(5-6-17-9)15-10-3-4-13(16-2)12(14)8-10/h3-4,8-9,11,15H,5-7H2,1-2H3. The SMILES string of the molecule is COc1ccc(NC2CCOC(C)C2)cc1F. The molecule has 0 spiro atoms. The molecule has 3 nitrogen and oxygen atoms in total. The first-order valence-electron chi connectivity index (χ1n) is 5.90. The fraction of sp³-hybridized carbons (Fsp3) is 0.538. The lowest BCUT2D eigenvalue weighted by Gasteiger charge is -2.28. The van der Waals surface area contributed by atoms with E-state index in [4.69, 9.17) is 9.47 Å². The molecule has 1 aliphatic heterocycles. The third-order valence-corrected chi connectivity index (χ3v) is 3.01. The summed E-state index contributed by atoms with van der Waals surface area (Å²) in [6.07, 6.45) is 2.18. The van der Waals surface area contributed by atoms with Crippen molar-refractivity contribution in [3.63, 3.8) is 0 Å². The molecule has 1 aromatic carbocycles. The van der Waals surface area contributed by atoms with Crippen LogP contribution in [0.5, 0.6) is 5.75 Å². The zero-order chi connectivity index (χ0) is 12.3. The van der Waals surface area contributed by atoms with Crippen molar-refractivity contribution in [3.8, 4) is 5.75 Å². The highest BCUT2D eigenvalue weighted by Crippen LogP contribution is 2.23. The monoisotopic (exact) mass is 239 g/mol. The van der Waals surface area contributed by atoms with Crippen molar-refractivity contribution in [2.45, 2.75) is 31.9 Å². The molecule has 4 heteroatoms. The minimum atomic E-state index is -0.336. The first kappa shape index (κ1) is 12.2. The van der Waals surface area contributed by atoms with Crippen molar-refractivity contribution in [3.05, 3.63) is 24.0 Å². The maximum atomic E-state index is 13.5. The van der Waals surface area contributed by atoms with Gasteiger partial charge < -0.3 is 14.8 Å². The third kappa shape index (κ3) is 3.09. The fourth-order valence-corrected chi connectivity index (χ4v) is 2.12. The molecule has 94 valence electrons. The number of ether oxygens (including phenoxy) is 2. The smallest absolute Gasteiger partial charge is 0.167 e. The largest absolute Gasteiger partial charge is 0.494 e. The summed E-state index contributed by atoms with van der Waals surface area (Å²) in [5.74, 6) is -0.0616. The van der Waals surface area contributed by atoms with Crippen LogP contribution in [-0.4, -0.2) is 25.9 Å². The predicted octanol–water partition coefficient (Wildman–Crippen LogP) is 2.81. The van der Waals surface area contributed by atoms with E-state index in [1.54, 1.807) is 6.07 Å². The van der Waals surface area contributed by atoms with Gasteiger partial charge in [0.1, 0.15) is 0 Å². The van der Waals surface area contributed by atoms with E-state index in [0.29, 0.717) is 6.04 Å². The van der Waals surface area contributed by atoms with E-state index in [0.717, 1.165) is 25.1 Å². The zero-order valence-corrected chi connectivity index (χ0v) is 10.2. The molecular formula is C13H18FNO2. The quantitative estimate of drug-likeness (QED) is 0.879. The fourth-order valence-electron chi connectivity index (χ4n) is 2.12. The van der Waals surface area contributed by atoms with E-state index >= 15 is 0 Å². The Kier molecular flexibility index (Phi) is 3.84. The molecule has 2 atom stereocenters. The number of hydrogen-bond acceptors (Lipinski definition) is 3. The van der Waals surface area contributed by atoms with Gasteiger partial charge in [0.05, 0.1) is 13.2 Å². The van der Waals surface area contributed by atoms with Gasteiger partial charge >= 0.3 is 0 Å². The summed E-state index contributed by atoms with van der Waals surface area (Å²) < 4.78 is 23.8. The Bertz CT molecular complexity index is 384. The second-order valence-corrected chi connectivity index (χ2v) is 4.40. The van der Waals surface area contributed by atoms with Crippen LogP contribution in [0, 0.1) is 5.82 Å². The van der Waals surface area contributed by atoms with Gasteiger partial charge in [-0.05, 0) is 31.9 Å². The molecule has 0 saturated carbocycles. The number of hydrogen-bond donors (Lipinski definition) is 1. The Morgan fingerprint density at radius 3 is 2.94 bits per heavy atom. The van der Waals surface area contributed by atoms with Gasteiger partial charge in [-0.1, -0.05) is 0 Å². The molecule has 0 amide bonds. The highest BCUT2D eigenvalue weighted by Gasteiger charge is 2.19. The Balaban J connectivity index is 2.00. The minimum Gasteiger partial charge on any atom is -0.494 e. The second kappa shape index (κ2) is 5.36. The molecule has 1 heterocycles. The number of rotatable bonds is 3. The van der Waals surface area contributed by atoms with Gasteiger partial charge in [0.15, 0.2) is 11.6 Å². The van der Waals surface area contributed by atoms with Crippen LogP contribution in [0.1, 0.15) is 19.8 Å². The van der Waals surface area contributed by atoms with Crippen LogP contribution in [-0.2, 0) is 4.74 Å². The van der Waals surface area contributed by atoms with Gasteiger partial charge in [-0.25, -0.2) is 4.39 Å². The average molecular weight is 239 g/mol. The maximum absolute atomic E-state index is 13.5. The van der Waals surface area contributed by atoms with Crippen molar-refractivity contribution in [2.24, 2.45) is 0 Å².